The lowest BCUT2D eigenvalue weighted by Crippen LogP contribution is -2.45. The van der Waals surface area contributed by atoms with Crippen LogP contribution in [0.5, 0.6) is 0 Å². The van der Waals surface area contributed by atoms with E-state index in [4.69, 9.17) is 17.3 Å². The van der Waals surface area contributed by atoms with Crippen molar-refractivity contribution < 1.29 is 9.18 Å². The van der Waals surface area contributed by atoms with Gasteiger partial charge >= 0.3 is 0 Å². The number of carbonyl (C=O) groups excluding carboxylic acids is 1. The third-order valence-corrected chi connectivity index (χ3v) is 2.74. The number of para-hydroxylation sites is 1. The number of carbonyl (C=O) groups is 1. The first-order valence-electron chi connectivity index (χ1n) is 5.24. The number of amides is 1. The molecule has 94 valence electrons. The summed E-state index contributed by atoms with van der Waals surface area (Å²) < 4.78 is 13.4. The van der Waals surface area contributed by atoms with Crippen molar-refractivity contribution in [2.45, 2.75) is 26.8 Å². The van der Waals surface area contributed by atoms with Crippen molar-refractivity contribution in [2.75, 3.05) is 5.32 Å². The number of hydrogen-bond donors (Lipinski definition) is 2. The molecule has 0 radical (unpaired) electrons. The van der Waals surface area contributed by atoms with Crippen molar-refractivity contribution in [1.29, 1.82) is 0 Å². The lowest BCUT2D eigenvalue weighted by atomic mass is 9.87. The Morgan fingerprint density at radius 3 is 2.53 bits per heavy atom. The molecule has 1 unspecified atom stereocenters. The van der Waals surface area contributed by atoms with Gasteiger partial charge in [-0.1, -0.05) is 38.4 Å². The zero-order valence-corrected chi connectivity index (χ0v) is 10.8. The summed E-state index contributed by atoms with van der Waals surface area (Å²) in [7, 11) is 0. The number of benzene rings is 1. The van der Waals surface area contributed by atoms with E-state index in [-0.39, 0.29) is 10.7 Å². The average Bonchev–Trinajstić information content (AvgIpc) is 2.21. The molecule has 0 spiro atoms. The van der Waals surface area contributed by atoms with E-state index in [9.17, 15) is 9.18 Å². The highest BCUT2D eigenvalue weighted by Crippen LogP contribution is 2.26. The molecule has 3 nitrogen and oxygen atoms in total. The van der Waals surface area contributed by atoms with Crippen molar-refractivity contribution in [3.05, 3.63) is 29.0 Å². The first kappa shape index (κ1) is 13.9. The maximum Gasteiger partial charge on any atom is 0.241 e. The standard InChI is InChI=1S/C12H16ClFN2O/c1-12(2,3)10(15)11(17)16-9-7(13)5-4-6-8(9)14/h4-6,10H,15H2,1-3H3,(H,16,17). The second kappa shape index (κ2) is 5.02. The maximum atomic E-state index is 13.4. The van der Waals surface area contributed by atoms with Crippen LogP contribution >= 0.6 is 11.6 Å². The van der Waals surface area contributed by atoms with E-state index in [0.717, 1.165) is 0 Å². The van der Waals surface area contributed by atoms with Gasteiger partial charge in [0, 0.05) is 0 Å². The van der Waals surface area contributed by atoms with E-state index in [0.29, 0.717) is 0 Å². The smallest absolute Gasteiger partial charge is 0.241 e. The number of nitrogens with one attached hydrogen (secondary N) is 1. The summed E-state index contributed by atoms with van der Waals surface area (Å²) in [5.41, 5.74) is 5.33. The van der Waals surface area contributed by atoms with Crippen LogP contribution < -0.4 is 11.1 Å². The van der Waals surface area contributed by atoms with E-state index >= 15 is 0 Å². The van der Waals surface area contributed by atoms with Crippen LogP contribution in [-0.2, 0) is 4.79 Å². The van der Waals surface area contributed by atoms with Crippen molar-refractivity contribution in [3.63, 3.8) is 0 Å². The van der Waals surface area contributed by atoms with Crippen molar-refractivity contribution in [2.24, 2.45) is 11.1 Å². The Morgan fingerprint density at radius 1 is 1.47 bits per heavy atom. The molecule has 3 N–H and O–H groups in total. The fourth-order valence-corrected chi connectivity index (χ4v) is 1.42. The number of nitrogens with two attached hydrogens (primary N) is 1. The molecule has 1 atom stereocenters. The summed E-state index contributed by atoms with van der Waals surface area (Å²) in [6.07, 6.45) is 0. The van der Waals surface area contributed by atoms with Crippen LogP contribution in [0.15, 0.2) is 18.2 Å². The van der Waals surface area contributed by atoms with Gasteiger partial charge in [-0.15, -0.1) is 0 Å². The van der Waals surface area contributed by atoms with E-state index < -0.39 is 23.2 Å². The molecule has 1 aromatic rings. The minimum Gasteiger partial charge on any atom is -0.321 e. The third-order valence-electron chi connectivity index (χ3n) is 2.43. The van der Waals surface area contributed by atoms with E-state index in [1.54, 1.807) is 0 Å². The van der Waals surface area contributed by atoms with Gasteiger partial charge in [0.1, 0.15) is 5.82 Å². The predicted octanol–water partition coefficient (Wildman–Crippen LogP) is 2.79. The molecule has 1 aromatic carbocycles. The Kier molecular flexibility index (Phi) is 4.11. The summed E-state index contributed by atoms with van der Waals surface area (Å²) in [5.74, 6) is -1.03. The number of rotatable bonds is 2. The molecule has 1 rings (SSSR count). The lowest BCUT2D eigenvalue weighted by Gasteiger charge is -2.26. The molecule has 1 amide bonds. The predicted molar refractivity (Wildman–Crippen MR) is 67.5 cm³/mol. The quantitative estimate of drug-likeness (QED) is 0.857. The summed E-state index contributed by atoms with van der Waals surface area (Å²) in [6, 6.07) is 3.46. The van der Waals surface area contributed by atoms with Gasteiger partial charge in [0.2, 0.25) is 5.91 Å². The van der Waals surface area contributed by atoms with Crippen molar-refractivity contribution >= 4 is 23.2 Å². The normalized spacial score (nSPS) is 13.3. The van der Waals surface area contributed by atoms with Gasteiger partial charge in [-0.05, 0) is 17.5 Å². The molecular formula is C12H16ClFN2O. The third kappa shape index (κ3) is 3.41. The van der Waals surface area contributed by atoms with Gasteiger partial charge in [-0.25, -0.2) is 4.39 Å². The fourth-order valence-electron chi connectivity index (χ4n) is 1.21. The van der Waals surface area contributed by atoms with Gasteiger partial charge in [0.05, 0.1) is 16.8 Å². The molecule has 5 heteroatoms. The van der Waals surface area contributed by atoms with Crippen LogP contribution in [0, 0.1) is 11.2 Å². The Hall–Kier alpha value is -1.13. The van der Waals surface area contributed by atoms with Gasteiger partial charge in [0.15, 0.2) is 0 Å². The molecule has 0 saturated heterocycles. The van der Waals surface area contributed by atoms with E-state index in [1.165, 1.54) is 18.2 Å². The van der Waals surface area contributed by atoms with Gasteiger partial charge in [-0.2, -0.15) is 0 Å². The zero-order valence-electron chi connectivity index (χ0n) is 10.1. The molecule has 0 aromatic heterocycles. The summed E-state index contributed by atoms with van der Waals surface area (Å²) in [6.45, 7) is 5.50. The van der Waals surface area contributed by atoms with Crippen LogP contribution in [-0.4, -0.2) is 11.9 Å². The van der Waals surface area contributed by atoms with Crippen LogP contribution in [0.2, 0.25) is 5.02 Å². The molecule has 17 heavy (non-hydrogen) atoms. The summed E-state index contributed by atoms with van der Waals surface area (Å²) >= 11 is 5.80. The topological polar surface area (TPSA) is 55.1 Å². The molecule has 0 aliphatic rings. The summed E-state index contributed by atoms with van der Waals surface area (Å²) in [5, 5.41) is 2.57. The Bertz CT molecular complexity index is 409. The zero-order chi connectivity index (χ0) is 13.2. The van der Waals surface area contributed by atoms with Crippen LogP contribution in [0.25, 0.3) is 0 Å². The van der Waals surface area contributed by atoms with Gasteiger partial charge in [-0.3, -0.25) is 4.79 Å². The minimum absolute atomic E-state index is 0.0288. The average molecular weight is 259 g/mol. The SMILES string of the molecule is CC(C)(C)C(N)C(=O)Nc1c(F)cccc1Cl. The van der Waals surface area contributed by atoms with E-state index in [1.807, 2.05) is 20.8 Å². The first-order chi connectivity index (χ1) is 7.73. The molecule has 0 heterocycles. The van der Waals surface area contributed by atoms with Gasteiger partial charge in [0.25, 0.3) is 0 Å². The molecule has 0 bridgehead atoms. The second-order valence-electron chi connectivity index (χ2n) is 4.93. The molecule has 0 aliphatic heterocycles. The Morgan fingerprint density at radius 2 is 2.06 bits per heavy atom. The maximum absolute atomic E-state index is 13.4. The first-order valence-corrected chi connectivity index (χ1v) is 5.61. The molecule has 0 aliphatic carbocycles. The largest absolute Gasteiger partial charge is 0.321 e. The minimum atomic E-state index is -0.738. The highest BCUT2D eigenvalue weighted by molar-refractivity contribution is 6.33. The Balaban J connectivity index is 2.89. The van der Waals surface area contributed by atoms with Crippen LogP contribution in [0.3, 0.4) is 0 Å². The van der Waals surface area contributed by atoms with Crippen LogP contribution in [0.4, 0.5) is 10.1 Å². The fraction of sp³-hybridized carbons (Fsp3) is 0.417. The number of anilines is 1. The number of halogens is 2. The molecular weight excluding hydrogens is 243 g/mol. The van der Waals surface area contributed by atoms with Crippen LogP contribution in [0.1, 0.15) is 20.8 Å². The van der Waals surface area contributed by atoms with Crippen molar-refractivity contribution in [3.8, 4) is 0 Å². The highest BCUT2D eigenvalue weighted by Gasteiger charge is 2.28. The second-order valence-corrected chi connectivity index (χ2v) is 5.34. The summed E-state index contributed by atoms with van der Waals surface area (Å²) in [4.78, 5) is 11.8. The molecule has 0 fully saturated rings. The van der Waals surface area contributed by atoms with Crippen molar-refractivity contribution in [1.82, 2.24) is 0 Å². The van der Waals surface area contributed by atoms with E-state index in [2.05, 4.69) is 5.32 Å². The highest BCUT2D eigenvalue weighted by atomic mass is 35.5. The Labute approximate surface area is 105 Å². The lowest BCUT2D eigenvalue weighted by molar-refractivity contribution is -0.119. The monoisotopic (exact) mass is 258 g/mol. The molecule has 0 saturated carbocycles. The number of hydrogen-bond acceptors (Lipinski definition) is 2. The van der Waals surface area contributed by atoms with Gasteiger partial charge < -0.3 is 11.1 Å².